The lowest BCUT2D eigenvalue weighted by atomic mass is 10.1. The average molecular weight is 268 g/mol. The van der Waals surface area contributed by atoms with E-state index in [0.29, 0.717) is 0 Å². The third-order valence-corrected chi connectivity index (χ3v) is 3.45. The van der Waals surface area contributed by atoms with E-state index in [2.05, 4.69) is 55.3 Å². The van der Waals surface area contributed by atoms with E-state index in [0.717, 1.165) is 18.8 Å². The Morgan fingerprint density at radius 1 is 0.800 bits per heavy atom. The molecule has 106 valence electrons. The highest BCUT2D eigenvalue weighted by Gasteiger charge is 2.02. The summed E-state index contributed by atoms with van der Waals surface area (Å²) in [6, 6.07) is 17.1. The molecule has 0 bridgehead atoms. The Bertz CT molecular complexity index is 514. The van der Waals surface area contributed by atoms with Crippen molar-refractivity contribution in [2.24, 2.45) is 0 Å². The molecule has 2 N–H and O–H groups in total. The molecule has 0 aliphatic rings. The van der Waals surface area contributed by atoms with Crippen LogP contribution in [0.15, 0.2) is 48.5 Å². The molecule has 2 aromatic carbocycles. The van der Waals surface area contributed by atoms with Crippen LogP contribution in [-0.4, -0.2) is 11.9 Å². The Labute approximate surface area is 122 Å². The van der Waals surface area contributed by atoms with Crippen LogP contribution >= 0.6 is 0 Å². The second kappa shape index (κ2) is 7.11. The summed E-state index contributed by atoms with van der Waals surface area (Å²) >= 11 is 0. The normalized spacial score (nSPS) is 10.9. The van der Waals surface area contributed by atoms with Crippen LogP contribution in [0.2, 0.25) is 0 Å². The van der Waals surface area contributed by atoms with Crippen molar-refractivity contribution in [1.82, 2.24) is 4.90 Å². The topological polar surface area (TPSA) is 29.3 Å². The first-order chi connectivity index (χ1) is 9.67. The molecule has 0 unspecified atom stereocenters. The number of benzene rings is 2. The Hall–Kier alpha value is -1.80. The summed E-state index contributed by atoms with van der Waals surface area (Å²) in [5, 5.41) is 0. The third-order valence-electron chi connectivity index (χ3n) is 3.45. The maximum atomic E-state index is 5.71. The number of hydrogen-bond donors (Lipinski definition) is 1. The van der Waals surface area contributed by atoms with Crippen molar-refractivity contribution in [1.29, 1.82) is 0 Å². The van der Waals surface area contributed by atoms with Crippen molar-refractivity contribution in [3.05, 3.63) is 65.2 Å². The fourth-order valence-corrected chi connectivity index (χ4v) is 2.40. The molecule has 0 amide bonds. The van der Waals surface area contributed by atoms with Crippen LogP contribution in [0.4, 0.5) is 5.69 Å². The van der Waals surface area contributed by atoms with E-state index in [1.54, 1.807) is 0 Å². The van der Waals surface area contributed by atoms with Gasteiger partial charge in [0.25, 0.3) is 0 Å². The van der Waals surface area contributed by atoms with Gasteiger partial charge in [-0.25, -0.2) is 0 Å². The molecule has 0 aliphatic carbocycles. The molecule has 2 heteroatoms. The Morgan fingerprint density at radius 2 is 1.25 bits per heavy atom. The fraction of sp³-hybridized carbons (Fsp3) is 0.333. The van der Waals surface area contributed by atoms with Crippen molar-refractivity contribution < 1.29 is 0 Å². The Balaban J connectivity index is 1.90. The molecule has 0 aliphatic heterocycles. The van der Waals surface area contributed by atoms with Gasteiger partial charge in [0, 0.05) is 18.8 Å². The molecule has 2 rings (SSSR count). The zero-order chi connectivity index (χ0) is 14.4. The van der Waals surface area contributed by atoms with Crippen LogP contribution in [0.5, 0.6) is 0 Å². The first-order valence-corrected chi connectivity index (χ1v) is 7.28. The number of aryl methyl sites for hydroxylation is 1. The predicted molar refractivity (Wildman–Crippen MR) is 86.5 cm³/mol. The van der Waals surface area contributed by atoms with Crippen molar-refractivity contribution in [2.75, 3.05) is 12.8 Å². The minimum Gasteiger partial charge on any atom is -0.399 e. The van der Waals surface area contributed by atoms with Gasteiger partial charge in [-0.3, -0.25) is 4.90 Å². The van der Waals surface area contributed by atoms with Gasteiger partial charge in [0.15, 0.2) is 0 Å². The zero-order valence-corrected chi connectivity index (χ0v) is 12.5. The second-order valence-corrected chi connectivity index (χ2v) is 5.48. The van der Waals surface area contributed by atoms with Gasteiger partial charge in [-0.15, -0.1) is 0 Å². The van der Waals surface area contributed by atoms with Crippen LogP contribution < -0.4 is 5.73 Å². The molecule has 0 spiro atoms. The van der Waals surface area contributed by atoms with E-state index in [9.17, 15) is 0 Å². The maximum Gasteiger partial charge on any atom is 0.0314 e. The van der Waals surface area contributed by atoms with Gasteiger partial charge in [0.05, 0.1) is 0 Å². The van der Waals surface area contributed by atoms with E-state index in [1.165, 1.54) is 29.5 Å². The Morgan fingerprint density at radius 3 is 1.75 bits per heavy atom. The summed E-state index contributed by atoms with van der Waals surface area (Å²) < 4.78 is 0. The summed E-state index contributed by atoms with van der Waals surface area (Å²) in [4.78, 5) is 2.32. The average Bonchev–Trinajstić information content (AvgIpc) is 2.44. The van der Waals surface area contributed by atoms with Crippen LogP contribution in [0.1, 0.15) is 30.0 Å². The van der Waals surface area contributed by atoms with Crippen molar-refractivity contribution in [3.63, 3.8) is 0 Å². The quantitative estimate of drug-likeness (QED) is 0.806. The van der Waals surface area contributed by atoms with E-state index in [4.69, 9.17) is 5.73 Å². The first-order valence-electron chi connectivity index (χ1n) is 7.28. The zero-order valence-electron chi connectivity index (χ0n) is 12.5. The number of anilines is 1. The molecule has 2 aromatic rings. The van der Waals surface area contributed by atoms with Gasteiger partial charge >= 0.3 is 0 Å². The van der Waals surface area contributed by atoms with E-state index < -0.39 is 0 Å². The lowest BCUT2D eigenvalue weighted by Crippen LogP contribution is -2.17. The number of nitrogens with zero attached hydrogens (tertiary/aromatic N) is 1. The SMILES string of the molecule is CCCc1ccc(CN(C)Cc2ccc(N)cc2)cc1. The molecular formula is C18H24N2. The number of rotatable bonds is 6. The first kappa shape index (κ1) is 14.6. The van der Waals surface area contributed by atoms with Crippen molar-refractivity contribution >= 4 is 5.69 Å². The molecule has 0 heterocycles. The summed E-state index contributed by atoms with van der Waals surface area (Å²) in [5.41, 5.74) is 10.6. The number of nitrogen functional groups attached to an aromatic ring is 1. The highest BCUT2D eigenvalue weighted by atomic mass is 15.1. The number of nitrogens with two attached hydrogens (primary N) is 1. The lowest BCUT2D eigenvalue weighted by molar-refractivity contribution is 0.319. The standard InChI is InChI=1S/C18H24N2/c1-3-4-15-5-7-16(8-6-15)13-20(2)14-17-9-11-18(19)12-10-17/h5-12H,3-4,13-14,19H2,1-2H3. The molecule has 2 nitrogen and oxygen atoms in total. The smallest absolute Gasteiger partial charge is 0.0314 e. The third kappa shape index (κ3) is 4.39. The predicted octanol–water partition coefficient (Wildman–Crippen LogP) is 3.85. The van der Waals surface area contributed by atoms with Gasteiger partial charge in [0.2, 0.25) is 0 Å². The summed E-state index contributed by atoms with van der Waals surface area (Å²) in [7, 11) is 2.15. The fourth-order valence-electron chi connectivity index (χ4n) is 2.40. The second-order valence-electron chi connectivity index (χ2n) is 5.48. The molecule has 20 heavy (non-hydrogen) atoms. The van der Waals surface area contributed by atoms with Crippen LogP contribution in [0.25, 0.3) is 0 Å². The van der Waals surface area contributed by atoms with E-state index >= 15 is 0 Å². The van der Waals surface area contributed by atoms with Gasteiger partial charge in [0.1, 0.15) is 0 Å². The van der Waals surface area contributed by atoms with E-state index in [1.807, 2.05) is 12.1 Å². The van der Waals surface area contributed by atoms with E-state index in [-0.39, 0.29) is 0 Å². The van der Waals surface area contributed by atoms with Crippen LogP contribution in [-0.2, 0) is 19.5 Å². The van der Waals surface area contributed by atoms with Crippen molar-refractivity contribution in [2.45, 2.75) is 32.9 Å². The monoisotopic (exact) mass is 268 g/mol. The van der Waals surface area contributed by atoms with Crippen LogP contribution in [0, 0.1) is 0 Å². The maximum absolute atomic E-state index is 5.71. The molecule has 0 atom stereocenters. The summed E-state index contributed by atoms with van der Waals surface area (Å²) in [5.74, 6) is 0. The highest BCUT2D eigenvalue weighted by molar-refractivity contribution is 5.39. The van der Waals surface area contributed by atoms with Gasteiger partial charge < -0.3 is 5.73 Å². The van der Waals surface area contributed by atoms with Crippen molar-refractivity contribution in [3.8, 4) is 0 Å². The summed E-state index contributed by atoms with van der Waals surface area (Å²) in [6.45, 7) is 4.13. The van der Waals surface area contributed by atoms with Crippen LogP contribution in [0.3, 0.4) is 0 Å². The molecular weight excluding hydrogens is 244 g/mol. The van der Waals surface area contributed by atoms with Gasteiger partial charge in [-0.2, -0.15) is 0 Å². The minimum atomic E-state index is 0.822. The molecule has 0 aromatic heterocycles. The number of hydrogen-bond acceptors (Lipinski definition) is 2. The Kier molecular flexibility index (Phi) is 5.19. The molecule has 0 saturated carbocycles. The molecule has 0 saturated heterocycles. The molecule has 0 fully saturated rings. The van der Waals surface area contributed by atoms with Gasteiger partial charge in [-0.05, 0) is 42.3 Å². The minimum absolute atomic E-state index is 0.822. The largest absolute Gasteiger partial charge is 0.399 e. The van der Waals surface area contributed by atoms with Gasteiger partial charge in [-0.1, -0.05) is 49.7 Å². The molecule has 0 radical (unpaired) electrons. The highest BCUT2D eigenvalue weighted by Crippen LogP contribution is 2.12. The summed E-state index contributed by atoms with van der Waals surface area (Å²) in [6.07, 6.45) is 2.37. The lowest BCUT2D eigenvalue weighted by Gasteiger charge is -2.17.